The molecule has 1 aromatic rings. The molecule has 0 bridgehead atoms. The topological polar surface area (TPSA) is 62.7 Å². The number of piperidine rings is 1. The summed E-state index contributed by atoms with van der Waals surface area (Å²) >= 11 is 0. The molecule has 1 fully saturated rings. The number of anilines is 1. The molecule has 0 spiro atoms. The number of likely N-dealkylation sites (tertiary alicyclic amines) is 1. The van der Waals surface area contributed by atoms with Gasteiger partial charge in [0, 0.05) is 19.8 Å². The summed E-state index contributed by atoms with van der Waals surface area (Å²) in [6, 6.07) is 3.13. The van der Waals surface area contributed by atoms with E-state index in [2.05, 4.69) is 4.98 Å². The van der Waals surface area contributed by atoms with Gasteiger partial charge in [-0.2, -0.15) is 0 Å². The first-order chi connectivity index (χ1) is 10.8. The van der Waals surface area contributed by atoms with Gasteiger partial charge in [0.1, 0.15) is 11.6 Å². The second-order valence-electron chi connectivity index (χ2n) is 6.79. The van der Waals surface area contributed by atoms with Gasteiger partial charge in [0.15, 0.2) is 0 Å². The van der Waals surface area contributed by atoms with Gasteiger partial charge in [-0.1, -0.05) is 0 Å². The molecule has 0 aromatic carbocycles. The third-order valence-electron chi connectivity index (χ3n) is 3.78. The van der Waals surface area contributed by atoms with Crippen LogP contribution in [0.2, 0.25) is 0 Å². The Labute approximate surface area is 137 Å². The Hall–Kier alpha value is -2.11. The molecule has 23 heavy (non-hydrogen) atoms. The van der Waals surface area contributed by atoms with Gasteiger partial charge in [0.2, 0.25) is 5.91 Å². The van der Waals surface area contributed by atoms with E-state index in [4.69, 9.17) is 4.74 Å². The van der Waals surface area contributed by atoms with E-state index in [1.54, 1.807) is 35.3 Å². The predicted octanol–water partition coefficient (Wildman–Crippen LogP) is 2.83. The predicted molar refractivity (Wildman–Crippen MR) is 88.2 cm³/mol. The molecule has 0 N–H and O–H groups in total. The Balaban J connectivity index is 2.14. The molecular weight excluding hydrogens is 294 g/mol. The van der Waals surface area contributed by atoms with Crippen molar-refractivity contribution in [3.8, 4) is 0 Å². The molecule has 0 aliphatic carbocycles. The van der Waals surface area contributed by atoms with Gasteiger partial charge in [0.25, 0.3) is 0 Å². The monoisotopic (exact) mass is 319 g/mol. The number of aromatic nitrogens is 1. The molecule has 6 heteroatoms. The molecule has 2 rings (SSSR count). The van der Waals surface area contributed by atoms with Crippen LogP contribution in [-0.4, -0.2) is 47.1 Å². The number of rotatable bonds is 2. The maximum absolute atomic E-state index is 12.8. The Morgan fingerprint density at radius 1 is 1.35 bits per heavy atom. The quantitative estimate of drug-likeness (QED) is 0.841. The van der Waals surface area contributed by atoms with Crippen LogP contribution in [0.25, 0.3) is 0 Å². The van der Waals surface area contributed by atoms with Crippen LogP contribution >= 0.6 is 0 Å². The summed E-state index contributed by atoms with van der Waals surface area (Å²) in [4.78, 5) is 32.4. The Kier molecular flexibility index (Phi) is 5.23. The fourth-order valence-corrected chi connectivity index (χ4v) is 2.63. The number of pyridine rings is 1. The van der Waals surface area contributed by atoms with Crippen molar-refractivity contribution in [1.29, 1.82) is 0 Å². The first-order valence-electron chi connectivity index (χ1n) is 7.97. The number of amides is 2. The molecule has 2 amide bonds. The van der Waals surface area contributed by atoms with Crippen molar-refractivity contribution < 1.29 is 14.3 Å². The van der Waals surface area contributed by atoms with E-state index in [1.807, 2.05) is 26.8 Å². The van der Waals surface area contributed by atoms with E-state index < -0.39 is 17.7 Å². The van der Waals surface area contributed by atoms with Crippen molar-refractivity contribution in [2.24, 2.45) is 0 Å². The average Bonchev–Trinajstić information content (AvgIpc) is 2.52. The van der Waals surface area contributed by atoms with Crippen molar-refractivity contribution in [1.82, 2.24) is 9.88 Å². The number of carbonyl (C=O) groups is 2. The largest absolute Gasteiger partial charge is 0.444 e. The Morgan fingerprint density at radius 3 is 2.70 bits per heavy atom. The maximum Gasteiger partial charge on any atom is 0.410 e. The summed E-state index contributed by atoms with van der Waals surface area (Å²) in [5.41, 5.74) is 0.143. The van der Waals surface area contributed by atoms with E-state index in [9.17, 15) is 9.59 Å². The highest BCUT2D eigenvalue weighted by Crippen LogP contribution is 2.23. The molecule has 1 aromatic heterocycles. The van der Waals surface area contributed by atoms with Crippen LogP contribution in [0.3, 0.4) is 0 Å². The molecule has 1 saturated heterocycles. The normalized spacial score (nSPS) is 18.4. The summed E-state index contributed by atoms with van der Waals surface area (Å²) in [7, 11) is 1.71. The number of hydrogen-bond acceptors (Lipinski definition) is 4. The second kappa shape index (κ2) is 6.98. The lowest BCUT2D eigenvalue weighted by Gasteiger charge is -2.37. The van der Waals surface area contributed by atoms with Crippen molar-refractivity contribution in [2.75, 3.05) is 18.5 Å². The number of likely N-dealkylation sites (N-methyl/N-ethyl adjacent to an activating group) is 1. The van der Waals surface area contributed by atoms with Gasteiger partial charge >= 0.3 is 6.09 Å². The molecule has 0 unspecified atom stereocenters. The molecule has 1 atom stereocenters. The summed E-state index contributed by atoms with van der Waals surface area (Å²) < 4.78 is 5.45. The summed E-state index contributed by atoms with van der Waals surface area (Å²) in [6.45, 7) is 6.03. The van der Waals surface area contributed by atoms with E-state index in [0.717, 1.165) is 12.8 Å². The zero-order chi connectivity index (χ0) is 17.0. The standard InChI is InChI=1S/C17H25N3O3/c1-17(2,3)23-16(22)20-11-6-5-9-14(20)15(21)19(4)13-8-7-10-18-12-13/h7-8,10,12,14H,5-6,9,11H2,1-4H3/t14-/m0/s1. The first-order valence-corrected chi connectivity index (χ1v) is 7.97. The average molecular weight is 319 g/mol. The van der Waals surface area contributed by atoms with Gasteiger partial charge in [0.05, 0.1) is 11.9 Å². The Bertz CT molecular complexity index is 554. The molecule has 126 valence electrons. The van der Waals surface area contributed by atoms with Crippen molar-refractivity contribution in [3.05, 3.63) is 24.5 Å². The summed E-state index contributed by atoms with van der Waals surface area (Å²) in [5, 5.41) is 0. The fraction of sp³-hybridized carbons (Fsp3) is 0.588. The second-order valence-corrected chi connectivity index (χ2v) is 6.79. The SMILES string of the molecule is CN(C(=O)[C@@H]1CCCCN1C(=O)OC(C)(C)C)c1cccnc1. The molecule has 6 nitrogen and oxygen atoms in total. The van der Waals surface area contributed by atoms with Crippen LogP contribution in [0.4, 0.5) is 10.5 Å². The summed E-state index contributed by atoms with van der Waals surface area (Å²) in [6.07, 6.45) is 5.35. The van der Waals surface area contributed by atoms with Crippen molar-refractivity contribution in [3.63, 3.8) is 0 Å². The number of carbonyl (C=O) groups excluding carboxylic acids is 2. The van der Waals surface area contributed by atoms with Gasteiger partial charge in [-0.25, -0.2) is 4.79 Å². The van der Waals surface area contributed by atoms with E-state index >= 15 is 0 Å². The summed E-state index contributed by atoms with van der Waals surface area (Å²) in [5.74, 6) is -0.108. The highest BCUT2D eigenvalue weighted by molar-refractivity contribution is 5.98. The van der Waals surface area contributed by atoms with Crippen LogP contribution in [-0.2, 0) is 9.53 Å². The highest BCUT2D eigenvalue weighted by Gasteiger charge is 2.36. The van der Waals surface area contributed by atoms with E-state index in [1.165, 1.54) is 0 Å². The van der Waals surface area contributed by atoms with Crippen LogP contribution in [0.5, 0.6) is 0 Å². The van der Waals surface area contributed by atoms with Gasteiger partial charge in [-0.3, -0.25) is 14.7 Å². The molecule has 1 aliphatic rings. The minimum atomic E-state index is -0.572. The lowest BCUT2D eigenvalue weighted by atomic mass is 10.0. The van der Waals surface area contributed by atoms with Gasteiger partial charge in [-0.15, -0.1) is 0 Å². The van der Waals surface area contributed by atoms with E-state index in [-0.39, 0.29) is 5.91 Å². The molecule has 0 radical (unpaired) electrons. The minimum Gasteiger partial charge on any atom is -0.444 e. The van der Waals surface area contributed by atoms with Gasteiger partial charge < -0.3 is 9.64 Å². The maximum atomic E-state index is 12.8. The van der Waals surface area contributed by atoms with E-state index in [0.29, 0.717) is 18.7 Å². The lowest BCUT2D eigenvalue weighted by Crippen LogP contribution is -2.53. The molecule has 0 saturated carbocycles. The first kappa shape index (κ1) is 17.2. The smallest absolute Gasteiger partial charge is 0.410 e. The van der Waals surface area contributed by atoms with Crippen LogP contribution in [0.15, 0.2) is 24.5 Å². The molecular formula is C17H25N3O3. The lowest BCUT2D eigenvalue weighted by molar-refractivity contribution is -0.124. The fourth-order valence-electron chi connectivity index (χ4n) is 2.63. The van der Waals surface area contributed by atoms with Crippen LogP contribution < -0.4 is 4.90 Å². The van der Waals surface area contributed by atoms with Crippen LogP contribution in [0.1, 0.15) is 40.0 Å². The van der Waals surface area contributed by atoms with Crippen molar-refractivity contribution in [2.45, 2.75) is 51.7 Å². The third kappa shape index (κ3) is 4.43. The highest BCUT2D eigenvalue weighted by atomic mass is 16.6. The zero-order valence-electron chi connectivity index (χ0n) is 14.3. The number of hydrogen-bond donors (Lipinski definition) is 0. The third-order valence-corrected chi connectivity index (χ3v) is 3.78. The number of nitrogens with zero attached hydrogens (tertiary/aromatic N) is 3. The van der Waals surface area contributed by atoms with Crippen molar-refractivity contribution >= 4 is 17.7 Å². The minimum absolute atomic E-state index is 0.108. The Morgan fingerprint density at radius 2 is 2.09 bits per heavy atom. The van der Waals surface area contributed by atoms with Crippen LogP contribution in [0, 0.1) is 0 Å². The molecule has 1 aliphatic heterocycles. The zero-order valence-corrected chi connectivity index (χ0v) is 14.3. The number of ether oxygens (including phenoxy) is 1. The molecule has 2 heterocycles. The van der Waals surface area contributed by atoms with Gasteiger partial charge in [-0.05, 0) is 52.2 Å².